The van der Waals surface area contributed by atoms with Crippen LogP contribution in [0, 0.1) is 25.2 Å². The molecule has 0 aliphatic heterocycles. The molecule has 3 heteroatoms. The molecule has 30 heavy (non-hydrogen) atoms. The molecule has 0 aliphatic carbocycles. The van der Waals surface area contributed by atoms with Crippen molar-refractivity contribution < 1.29 is 8.98 Å². The molecule has 0 bridgehead atoms. The molecule has 0 atom stereocenters. The third kappa shape index (κ3) is 2.69. The molecule has 0 fully saturated rings. The lowest BCUT2D eigenvalue weighted by Crippen LogP contribution is -2.30. The quantitative estimate of drug-likeness (QED) is 0.336. The van der Waals surface area contributed by atoms with Crippen LogP contribution in [0.15, 0.2) is 77.3 Å². The third-order valence-corrected chi connectivity index (χ3v) is 5.76. The molecule has 5 rings (SSSR count). The Balaban J connectivity index is 1.93. The summed E-state index contributed by atoms with van der Waals surface area (Å²) in [6, 6.07) is 25.1. The average molecular weight is 389 g/mol. The Labute approximate surface area is 175 Å². The molecule has 0 amide bonds. The summed E-state index contributed by atoms with van der Waals surface area (Å²) in [7, 11) is 2.03. The number of aromatic nitrogens is 1. The summed E-state index contributed by atoms with van der Waals surface area (Å²) < 4.78 is 8.65. The van der Waals surface area contributed by atoms with E-state index >= 15 is 0 Å². The molecule has 2 aromatic heterocycles. The number of nitriles is 1. The van der Waals surface area contributed by atoms with Crippen LogP contribution in [0.3, 0.4) is 0 Å². The molecule has 2 heterocycles. The molecular formula is C27H21N2O+. The number of fused-ring (bicyclic) bond motifs is 3. The fourth-order valence-corrected chi connectivity index (χ4v) is 4.25. The van der Waals surface area contributed by atoms with E-state index in [-0.39, 0.29) is 0 Å². The highest BCUT2D eigenvalue weighted by atomic mass is 16.3. The number of hydrogen-bond acceptors (Lipinski definition) is 2. The van der Waals surface area contributed by atoms with Crippen LogP contribution >= 0.6 is 0 Å². The van der Waals surface area contributed by atoms with Crippen molar-refractivity contribution in [2.45, 2.75) is 13.8 Å². The van der Waals surface area contributed by atoms with Gasteiger partial charge in [0.25, 0.3) is 0 Å². The Hall–Kier alpha value is -3.90. The third-order valence-electron chi connectivity index (χ3n) is 5.76. The molecule has 5 aromatic rings. The van der Waals surface area contributed by atoms with Gasteiger partial charge in [-0.25, -0.2) is 4.57 Å². The summed E-state index contributed by atoms with van der Waals surface area (Å²) in [5, 5.41) is 11.7. The molecule has 0 saturated carbocycles. The number of benzene rings is 3. The monoisotopic (exact) mass is 389 g/mol. The average Bonchev–Trinajstić information content (AvgIpc) is 3.14. The summed E-state index contributed by atoms with van der Waals surface area (Å²) in [5.74, 6) is 0. The second-order valence-electron chi connectivity index (χ2n) is 7.78. The Morgan fingerprint density at radius 1 is 0.900 bits per heavy atom. The van der Waals surface area contributed by atoms with E-state index < -0.39 is 0 Å². The summed E-state index contributed by atoms with van der Waals surface area (Å²) >= 11 is 0. The minimum Gasteiger partial charge on any atom is -0.454 e. The first-order valence-electron chi connectivity index (χ1n) is 9.99. The highest BCUT2D eigenvalue weighted by molar-refractivity contribution is 6.15. The van der Waals surface area contributed by atoms with Gasteiger partial charge in [-0.15, -0.1) is 0 Å². The number of rotatable bonds is 2. The lowest BCUT2D eigenvalue weighted by atomic mass is 9.95. The number of aryl methyl sites for hydroxylation is 3. The molecule has 144 valence electrons. The fraction of sp³-hybridized carbons (Fsp3) is 0.111. The maximum absolute atomic E-state index is 9.87. The van der Waals surface area contributed by atoms with Crippen molar-refractivity contribution in [2.75, 3.05) is 0 Å². The van der Waals surface area contributed by atoms with Gasteiger partial charge in [0.15, 0.2) is 11.8 Å². The maximum atomic E-state index is 9.87. The van der Waals surface area contributed by atoms with Crippen LogP contribution in [-0.2, 0) is 7.05 Å². The van der Waals surface area contributed by atoms with E-state index in [9.17, 15) is 5.26 Å². The van der Waals surface area contributed by atoms with Gasteiger partial charge in [-0.05, 0) is 37.1 Å². The Kier molecular flexibility index (Phi) is 4.15. The van der Waals surface area contributed by atoms with Crippen molar-refractivity contribution in [3.05, 3.63) is 89.6 Å². The van der Waals surface area contributed by atoms with Crippen molar-refractivity contribution in [1.82, 2.24) is 0 Å². The zero-order valence-corrected chi connectivity index (χ0v) is 17.2. The summed E-state index contributed by atoms with van der Waals surface area (Å²) in [6.07, 6.45) is 2.03. The van der Waals surface area contributed by atoms with Gasteiger partial charge in [-0.2, -0.15) is 5.26 Å². The largest absolute Gasteiger partial charge is 0.454 e. The highest BCUT2D eigenvalue weighted by Crippen LogP contribution is 2.42. The number of hydrogen-bond donors (Lipinski definition) is 0. The van der Waals surface area contributed by atoms with E-state index in [4.69, 9.17) is 4.42 Å². The van der Waals surface area contributed by atoms with Gasteiger partial charge in [0.2, 0.25) is 5.69 Å². The SMILES string of the molecule is Cc1ccc(-c2cccc3c2oc2c(-c4cccc[n+]4C)c(C)cc(C#N)c23)cc1. The van der Waals surface area contributed by atoms with Crippen LogP contribution in [0.1, 0.15) is 16.7 Å². The Morgan fingerprint density at radius 3 is 2.43 bits per heavy atom. The first kappa shape index (κ1) is 18.1. The second-order valence-corrected chi connectivity index (χ2v) is 7.78. The normalized spacial score (nSPS) is 11.1. The van der Waals surface area contributed by atoms with Crippen LogP contribution in [-0.4, -0.2) is 0 Å². The van der Waals surface area contributed by atoms with Crippen molar-refractivity contribution in [1.29, 1.82) is 5.26 Å². The zero-order chi connectivity index (χ0) is 20.8. The zero-order valence-electron chi connectivity index (χ0n) is 17.2. The van der Waals surface area contributed by atoms with Crippen LogP contribution in [0.5, 0.6) is 0 Å². The highest BCUT2D eigenvalue weighted by Gasteiger charge is 2.24. The predicted octanol–water partition coefficient (Wildman–Crippen LogP) is 6.23. The van der Waals surface area contributed by atoms with E-state index in [1.165, 1.54) is 5.56 Å². The van der Waals surface area contributed by atoms with Gasteiger partial charge >= 0.3 is 0 Å². The van der Waals surface area contributed by atoms with Gasteiger partial charge in [-0.1, -0.05) is 48.0 Å². The maximum Gasteiger partial charge on any atom is 0.216 e. The van der Waals surface area contributed by atoms with E-state index in [0.717, 1.165) is 49.9 Å². The summed E-state index contributed by atoms with van der Waals surface area (Å²) in [4.78, 5) is 0. The molecule has 0 radical (unpaired) electrons. The number of furan rings is 1. The first-order chi connectivity index (χ1) is 14.6. The Morgan fingerprint density at radius 2 is 1.70 bits per heavy atom. The van der Waals surface area contributed by atoms with Crippen molar-refractivity contribution in [3.63, 3.8) is 0 Å². The summed E-state index contributed by atoms with van der Waals surface area (Å²) in [6.45, 7) is 4.12. The molecule has 3 aromatic carbocycles. The minimum atomic E-state index is 0.643. The molecule has 0 saturated heterocycles. The molecule has 3 nitrogen and oxygen atoms in total. The van der Waals surface area contributed by atoms with Crippen molar-refractivity contribution in [3.8, 4) is 28.5 Å². The van der Waals surface area contributed by atoms with Gasteiger partial charge in [0, 0.05) is 28.5 Å². The second kappa shape index (κ2) is 6.86. The van der Waals surface area contributed by atoms with E-state index in [1.54, 1.807) is 0 Å². The molecule has 0 N–H and O–H groups in total. The van der Waals surface area contributed by atoms with E-state index in [0.29, 0.717) is 5.56 Å². The first-order valence-corrected chi connectivity index (χ1v) is 9.99. The predicted molar refractivity (Wildman–Crippen MR) is 120 cm³/mol. The Bertz CT molecular complexity index is 1470. The van der Waals surface area contributed by atoms with Gasteiger partial charge in [-0.3, -0.25) is 0 Å². The van der Waals surface area contributed by atoms with Crippen LogP contribution in [0.4, 0.5) is 0 Å². The molecule has 0 unspecified atom stereocenters. The van der Waals surface area contributed by atoms with Crippen molar-refractivity contribution >= 4 is 21.9 Å². The van der Waals surface area contributed by atoms with E-state index in [1.807, 2.05) is 50.5 Å². The van der Waals surface area contributed by atoms with Gasteiger partial charge in [0.1, 0.15) is 12.6 Å². The van der Waals surface area contributed by atoms with Gasteiger partial charge in [0.05, 0.1) is 17.2 Å². The lowest BCUT2D eigenvalue weighted by molar-refractivity contribution is -0.660. The van der Waals surface area contributed by atoms with Crippen LogP contribution in [0.2, 0.25) is 0 Å². The summed E-state index contributed by atoms with van der Waals surface area (Å²) in [5.41, 5.74) is 8.69. The minimum absolute atomic E-state index is 0.643. The molecule has 0 spiro atoms. The standard InChI is InChI=1S/C27H21N2O/c1-17-10-12-19(13-11-17)21-7-6-8-22-25-20(16-28)15-18(2)24(27(25)30-26(21)22)23-9-4-5-14-29(23)3/h4-15H,1-3H3/q+1. The van der Waals surface area contributed by atoms with E-state index in [2.05, 4.69) is 54.0 Å². The number of pyridine rings is 1. The van der Waals surface area contributed by atoms with Gasteiger partial charge < -0.3 is 4.42 Å². The van der Waals surface area contributed by atoms with Crippen molar-refractivity contribution in [2.24, 2.45) is 7.05 Å². The smallest absolute Gasteiger partial charge is 0.216 e. The fourth-order valence-electron chi connectivity index (χ4n) is 4.25. The van der Waals surface area contributed by atoms with Crippen LogP contribution in [0.25, 0.3) is 44.3 Å². The molecule has 0 aliphatic rings. The number of para-hydroxylation sites is 1. The molecular weight excluding hydrogens is 368 g/mol. The topological polar surface area (TPSA) is 40.8 Å². The number of nitrogens with zero attached hydrogens (tertiary/aromatic N) is 2. The van der Waals surface area contributed by atoms with Crippen LogP contribution < -0.4 is 4.57 Å². The lowest BCUT2D eigenvalue weighted by Gasteiger charge is -2.06.